The summed E-state index contributed by atoms with van der Waals surface area (Å²) in [7, 11) is 1.59. The van der Waals surface area contributed by atoms with Gasteiger partial charge in [-0.25, -0.2) is 0 Å². The van der Waals surface area contributed by atoms with Crippen LogP contribution in [-0.2, 0) is 0 Å². The van der Waals surface area contributed by atoms with E-state index in [0.29, 0.717) is 17.1 Å². The molecule has 3 rings (SSSR count). The molecule has 0 unspecified atom stereocenters. The number of ether oxygens (including phenoxy) is 1. The monoisotopic (exact) mass is 294 g/mol. The third kappa shape index (κ3) is 2.91. The molecule has 6 nitrogen and oxygen atoms in total. The third-order valence-corrected chi connectivity index (χ3v) is 3.20. The number of aliphatic hydroxyl groups is 1. The summed E-state index contributed by atoms with van der Waals surface area (Å²) in [5.74, 6) is 1.30. The van der Waals surface area contributed by atoms with Gasteiger partial charge < -0.3 is 9.84 Å². The van der Waals surface area contributed by atoms with Gasteiger partial charge >= 0.3 is 0 Å². The average molecular weight is 294 g/mol. The van der Waals surface area contributed by atoms with Crippen LogP contribution in [0.15, 0.2) is 54.6 Å². The van der Waals surface area contributed by atoms with Crippen LogP contribution in [0.1, 0.15) is 17.5 Å². The predicted octanol–water partition coefficient (Wildman–Crippen LogP) is 2.02. The van der Waals surface area contributed by atoms with E-state index in [4.69, 9.17) is 4.74 Å². The maximum absolute atomic E-state index is 10.3. The lowest BCUT2D eigenvalue weighted by Gasteiger charge is -2.09. The quantitative estimate of drug-likeness (QED) is 0.793. The Hall–Kier alpha value is -2.86. The zero-order valence-electron chi connectivity index (χ0n) is 11.9. The smallest absolute Gasteiger partial charge is 0.206 e. The van der Waals surface area contributed by atoms with Gasteiger partial charge in [0.15, 0.2) is 0 Å². The lowest BCUT2D eigenvalue weighted by atomic mass is 10.1. The molecule has 110 valence electrons. The Bertz CT molecular complexity index is 730. The van der Waals surface area contributed by atoms with Crippen LogP contribution in [0.5, 0.6) is 5.75 Å². The molecule has 0 aliphatic rings. The topological polar surface area (TPSA) is 81.0 Å². The molecule has 0 radical (unpaired) electrons. The number of methoxy groups -OCH3 is 1. The number of rotatable bonds is 4. The van der Waals surface area contributed by atoms with E-state index in [1.807, 2.05) is 30.3 Å². The number of aliphatic hydroxyl groups excluding tert-OH is 1. The van der Waals surface area contributed by atoms with Crippen LogP contribution in [0.2, 0.25) is 0 Å². The van der Waals surface area contributed by atoms with Gasteiger partial charge in [0.25, 0.3) is 0 Å². The second-order valence-corrected chi connectivity index (χ2v) is 4.62. The summed E-state index contributed by atoms with van der Waals surface area (Å²) in [6.45, 7) is 0. The molecule has 1 aromatic heterocycles. The van der Waals surface area contributed by atoms with E-state index in [1.165, 1.54) is 0 Å². The Morgan fingerprint density at radius 2 is 1.50 bits per heavy atom. The first-order valence-electron chi connectivity index (χ1n) is 6.72. The first kappa shape index (κ1) is 14.1. The minimum atomic E-state index is -0.976. The Balaban J connectivity index is 1.82. The van der Waals surface area contributed by atoms with Crippen molar-refractivity contribution in [3.05, 3.63) is 66.0 Å². The van der Waals surface area contributed by atoms with E-state index in [2.05, 4.69) is 20.4 Å². The van der Waals surface area contributed by atoms with Crippen LogP contribution in [-0.4, -0.2) is 32.6 Å². The third-order valence-electron chi connectivity index (χ3n) is 3.20. The van der Waals surface area contributed by atoms with Crippen molar-refractivity contribution in [2.45, 2.75) is 6.10 Å². The van der Waals surface area contributed by atoms with E-state index < -0.39 is 6.10 Å². The standard InChI is InChI=1S/C16H14N4O2/c1-22-13-9-7-11(8-10-13)14(21)16-19-17-15(18-20-16)12-5-3-2-4-6-12/h2-10,14,21H,1H3/t14-/m0/s1. The van der Waals surface area contributed by atoms with Gasteiger partial charge in [-0.1, -0.05) is 42.5 Å². The molecular weight excluding hydrogens is 280 g/mol. The van der Waals surface area contributed by atoms with Gasteiger partial charge in [-0.2, -0.15) is 0 Å². The molecule has 0 saturated carbocycles. The molecule has 22 heavy (non-hydrogen) atoms. The molecule has 1 heterocycles. The van der Waals surface area contributed by atoms with Crippen LogP contribution >= 0.6 is 0 Å². The number of hydrogen-bond donors (Lipinski definition) is 1. The zero-order chi connectivity index (χ0) is 15.4. The van der Waals surface area contributed by atoms with E-state index in [-0.39, 0.29) is 5.82 Å². The fourth-order valence-corrected chi connectivity index (χ4v) is 1.98. The molecule has 2 aromatic carbocycles. The van der Waals surface area contributed by atoms with Crippen molar-refractivity contribution < 1.29 is 9.84 Å². The van der Waals surface area contributed by atoms with E-state index >= 15 is 0 Å². The van der Waals surface area contributed by atoms with Crippen LogP contribution in [0.25, 0.3) is 11.4 Å². The van der Waals surface area contributed by atoms with Crippen LogP contribution in [0.3, 0.4) is 0 Å². The van der Waals surface area contributed by atoms with Gasteiger partial charge in [-0.3, -0.25) is 0 Å². The van der Waals surface area contributed by atoms with Crippen molar-refractivity contribution in [3.63, 3.8) is 0 Å². The van der Waals surface area contributed by atoms with Crippen molar-refractivity contribution >= 4 is 0 Å². The van der Waals surface area contributed by atoms with Gasteiger partial charge in [-0.05, 0) is 17.7 Å². The number of aromatic nitrogens is 4. The highest BCUT2D eigenvalue weighted by Crippen LogP contribution is 2.21. The van der Waals surface area contributed by atoms with Crippen molar-refractivity contribution in [2.24, 2.45) is 0 Å². The molecule has 0 amide bonds. The first-order chi connectivity index (χ1) is 10.8. The number of hydrogen-bond acceptors (Lipinski definition) is 6. The Morgan fingerprint density at radius 1 is 0.864 bits per heavy atom. The second-order valence-electron chi connectivity index (χ2n) is 4.62. The molecule has 1 N–H and O–H groups in total. The summed E-state index contributed by atoms with van der Waals surface area (Å²) < 4.78 is 5.08. The van der Waals surface area contributed by atoms with Gasteiger partial charge in [-0.15, -0.1) is 20.4 Å². The maximum Gasteiger partial charge on any atom is 0.206 e. The van der Waals surface area contributed by atoms with E-state index in [9.17, 15) is 5.11 Å². The predicted molar refractivity (Wildman–Crippen MR) is 80.1 cm³/mol. The molecule has 0 bridgehead atoms. The highest BCUT2D eigenvalue weighted by molar-refractivity contribution is 5.52. The lowest BCUT2D eigenvalue weighted by molar-refractivity contribution is 0.206. The molecule has 0 aliphatic heterocycles. The fraction of sp³-hybridized carbons (Fsp3) is 0.125. The minimum Gasteiger partial charge on any atom is -0.497 e. The maximum atomic E-state index is 10.3. The molecular formula is C16H14N4O2. The number of nitrogens with zero attached hydrogens (tertiary/aromatic N) is 4. The highest BCUT2D eigenvalue weighted by Gasteiger charge is 2.15. The Kier molecular flexibility index (Phi) is 4.02. The molecule has 0 fully saturated rings. The molecule has 0 spiro atoms. The summed E-state index contributed by atoms with van der Waals surface area (Å²) in [5.41, 5.74) is 1.48. The molecule has 0 saturated heterocycles. The minimum absolute atomic E-state index is 0.157. The molecule has 1 atom stereocenters. The number of benzene rings is 2. The lowest BCUT2D eigenvalue weighted by Crippen LogP contribution is -2.09. The molecule has 0 aliphatic carbocycles. The Morgan fingerprint density at radius 3 is 2.09 bits per heavy atom. The van der Waals surface area contributed by atoms with Gasteiger partial charge in [0.2, 0.25) is 11.6 Å². The normalized spacial score (nSPS) is 11.9. The van der Waals surface area contributed by atoms with Crippen molar-refractivity contribution in [1.29, 1.82) is 0 Å². The van der Waals surface area contributed by atoms with Crippen molar-refractivity contribution in [2.75, 3.05) is 7.11 Å². The average Bonchev–Trinajstić information content (AvgIpc) is 2.62. The van der Waals surface area contributed by atoms with Crippen LogP contribution in [0.4, 0.5) is 0 Å². The van der Waals surface area contributed by atoms with Crippen molar-refractivity contribution in [1.82, 2.24) is 20.4 Å². The van der Waals surface area contributed by atoms with E-state index in [0.717, 1.165) is 5.56 Å². The second kappa shape index (κ2) is 6.28. The van der Waals surface area contributed by atoms with Crippen molar-refractivity contribution in [3.8, 4) is 17.1 Å². The summed E-state index contributed by atoms with van der Waals surface area (Å²) in [5, 5.41) is 26.3. The highest BCUT2D eigenvalue weighted by atomic mass is 16.5. The van der Waals surface area contributed by atoms with Gasteiger partial charge in [0.1, 0.15) is 11.9 Å². The Labute approximate surface area is 127 Å². The first-order valence-corrected chi connectivity index (χ1v) is 6.72. The van der Waals surface area contributed by atoms with E-state index in [1.54, 1.807) is 31.4 Å². The fourth-order valence-electron chi connectivity index (χ4n) is 1.98. The van der Waals surface area contributed by atoms with Crippen LogP contribution < -0.4 is 4.74 Å². The van der Waals surface area contributed by atoms with Gasteiger partial charge in [0, 0.05) is 5.56 Å². The summed E-state index contributed by atoms with van der Waals surface area (Å²) in [6.07, 6.45) is -0.976. The summed E-state index contributed by atoms with van der Waals surface area (Å²) >= 11 is 0. The summed E-state index contributed by atoms with van der Waals surface area (Å²) in [4.78, 5) is 0. The molecule has 6 heteroatoms. The van der Waals surface area contributed by atoms with Gasteiger partial charge in [0.05, 0.1) is 7.11 Å². The van der Waals surface area contributed by atoms with Crippen LogP contribution in [0, 0.1) is 0 Å². The zero-order valence-corrected chi connectivity index (χ0v) is 11.9. The summed E-state index contributed by atoms with van der Waals surface area (Å²) in [6, 6.07) is 16.5. The SMILES string of the molecule is COc1ccc([C@H](O)c2nnc(-c3ccccc3)nn2)cc1. The molecule has 3 aromatic rings. The largest absolute Gasteiger partial charge is 0.497 e.